The van der Waals surface area contributed by atoms with E-state index in [-0.39, 0.29) is 23.0 Å². The van der Waals surface area contributed by atoms with E-state index in [0.717, 1.165) is 0 Å². The molecule has 0 spiro atoms. The number of anilines is 1. The minimum absolute atomic E-state index is 0.0187. The van der Waals surface area contributed by atoms with Gasteiger partial charge < -0.3 is 10.8 Å². The molecule has 0 aliphatic carbocycles. The highest BCUT2D eigenvalue weighted by Gasteiger charge is 2.04. The van der Waals surface area contributed by atoms with Crippen molar-refractivity contribution < 1.29 is 5.11 Å². The molecular formula is C7H10ClN3O2. The fourth-order valence-electron chi connectivity index (χ4n) is 0.886. The van der Waals surface area contributed by atoms with Crippen molar-refractivity contribution in [1.29, 1.82) is 0 Å². The fraction of sp³-hybridized carbons (Fsp3) is 0.429. The maximum absolute atomic E-state index is 11.3. The van der Waals surface area contributed by atoms with Crippen molar-refractivity contribution in [2.24, 2.45) is 0 Å². The molecule has 0 unspecified atom stereocenters. The van der Waals surface area contributed by atoms with Crippen molar-refractivity contribution in [3.8, 4) is 0 Å². The summed E-state index contributed by atoms with van der Waals surface area (Å²) < 4.78 is 1.32. The summed E-state index contributed by atoms with van der Waals surface area (Å²) in [7, 11) is 0. The first-order valence-corrected chi connectivity index (χ1v) is 4.16. The number of nitrogen functional groups attached to an aromatic ring is 1. The third kappa shape index (κ3) is 2.19. The minimum Gasteiger partial charge on any atom is -0.396 e. The van der Waals surface area contributed by atoms with Crippen LogP contribution in [0.1, 0.15) is 6.42 Å². The van der Waals surface area contributed by atoms with E-state index in [2.05, 4.69) is 4.98 Å². The van der Waals surface area contributed by atoms with Crippen LogP contribution in [-0.4, -0.2) is 21.3 Å². The largest absolute Gasteiger partial charge is 0.396 e. The van der Waals surface area contributed by atoms with E-state index < -0.39 is 0 Å². The van der Waals surface area contributed by atoms with E-state index in [0.29, 0.717) is 13.0 Å². The molecule has 1 aromatic rings. The summed E-state index contributed by atoms with van der Waals surface area (Å²) in [6, 6.07) is 0. The number of rotatable bonds is 3. The number of hydrogen-bond acceptors (Lipinski definition) is 4. The predicted molar refractivity (Wildman–Crippen MR) is 49.6 cm³/mol. The summed E-state index contributed by atoms with van der Waals surface area (Å²) in [6.07, 6.45) is 1.80. The van der Waals surface area contributed by atoms with Gasteiger partial charge in [0.1, 0.15) is 5.69 Å². The van der Waals surface area contributed by atoms with Crippen molar-refractivity contribution in [2.75, 3.05) is 12.3 Å². The predicted octanol–water partition coefficient (Wildman–Crippen LogP) is -0.139. The van der Waals surface area contributed by atoms with Gasteiger partial charge in [0.05, 0.1) is 6.33 Å². The lowest BCUT2D eigenvalue weighted by Gasteiger charge is -2.04. The van der Waals surface area contributed by atoms with Crippen LogP contribution in [0.3, 0.4) is 0 Å². The summed E-state index contributed by atoms with van der Waals surface area (Å²) >= 11 is 5.52. The summed E-state index contributed by atoms with van der Waals surface area (Å²) in [5.41, 5.74) is 4.94. The molecule has 0 aliphatic rings. The highest BCUT2D eigenvalue weighted by atomic mass is 35.5. The zero-order chi connectivity index (χ0) is 9.84. The van der Waals surface area contributed by atoms with Gasteiger partial charge in [0.2, 0.25) is 0 Å². The first kappa shape index (κ1) is 10.0. The van der Waals surface area contributed by atoms with Crippen molar-refractivity contribution >= 4 is 17.3 Å². The van der Waals surface area contributed by atoms with Gasteiger partial charge in [0.15, 0.2) is 5.15 Å². The summed E-state index contributed by atoms with van der Waals surface area (Å²) in [5.74, 6) is 0. The second kappa shape index (κ2) is 4.25. The zero-order valence-electron chi connectivity index (χ0n) is 6.90. The van der Waals surface area contributed by atoms with E-state index >= 15 is 0 Å². The molecule has 0 aliphatic heterocycles. The van der Waals surface area contributed by atoms with Crippen LogP contribution in [0.4, 0.5) is 5.69 Å². The maximum Gasteiger partial charge on any atom is 0.278 e. The van der Waals surface area contributed by atoms with E-state index in [1.807, 2.05) is 0 Å². The van der Waals surface area contributed by atoms with Crippen molar-refractivity contribution in [3.05, 3.63) is 21.8 Å². The van der Waals surface area contributed by atoms with Crippen LogP contribution in [0.15, 0.2) is 11.1 Å². The number of aromatic nitrogens is 2. The number of hydrogen-bond donors (Lipinski definition) is 2. The number of aryl methyl sites for hydroxylation is 1. The highest BCUT2D eigenvalue weighted by molar-refractivity contribution is 6.31. The molecule has 0 atom stereocenters. The van der Waals surface area contributed by atoms with Gasteiger partial charge in [-0.2, -0.15) is 0 Å². The first-order valence-electron chi connectivity index (χ1n) is 3.78. The first-order chi connectivity index (χ1) is 6.16. The molecular weight excluding hydrogens is 194 g/mol. The second-order valence-electron chi connectivity index (χ2n) is 2.52. The van der Waals surface area contributed by atoms with Crippen LogP contribution < -0.4 is 11.3 Å². The summed E-state index contributed by atoms with van der Waals surface area (Å²) in [4.78, 5) is 15.0. The van der Waals surface area contributed by atoms with Crippen LogP contribution in [0.25, 0.3) is 0 Å². The van der Waals surface area contributed by atoms with E-state index in [9.17, 15) is 4.79 Å². The highest BCUT2D eigenvalue weighted by Crippen LogP contribution is 2.07. The molecule has 0 bridgehead atoms. The Morgan fingerprint density at radius 2 is 2.38 bits per heavy atom. The van der Waals surface area contributed by atoms with Crippen molar-refractivity contribution in [3.63, 3.8) is 0 Å². The molecule has 6 heteroatoms. The number of aliphatic hydroxyl groups is 1. The second-order valence-corrected chi connectivity index (χ2v) is 2.88. The molecule has 0 saturated heterocycles. The Kier molecular flexibility index (Phi) is 3.27. The Morgan fingerprint density at radius 1 is 1.69 bits per heavy atom. The molecule has 3 N–H and O–H groups in total. The number of nitrogens with zero attached hydrogens (tertiary/aromatic N) is 2. The molecule has 0 aromatic carbocycles. The topological polar surface area (TPSA) is 81.1 Å². The molecule has 1 rings (SSSR count). The average Bonchev–Trinajstić information content (AvgIpc) is 2.13. The standard InChI is InChI=1S/C7H10ClN3O2/c8-6-5(9)7(13)11(4-10-6)2-1-3-12/h4,12H,1-3,9H2. The van der Waals surface area contributed by atoms with Crippen LogP contribution in [0.5, 0.6) is 0 Å². The Bertz CT molecular complexity index is 350. The normalized spacial score (nSPS) is 10.3. The lowest BCUT2D eigenvalue weighted by molar-refractivity contribution is 0.279. The van der Waals surface area contributed by atoms with Crippen LogP contribution in [0, 0.1) is 0 Å². The fourth-order valence-corrected chi connectivity index (χ4v) is 1.01. The molecule has 0 radical (unpaired) electrons. The lowest BCUT2D eigenvalue weighted by Crippen LogP contribution is -2.24. The number of halogens is 1. The summed E-state index contributed by atoms with van der Waals surface area (Å²) in [6.45, 7) is 0.415. The van der Waals surface area contributed by atoms with Gasteiger partial charge in [-0.15, -0.1) is 0 Å². The Labute approximate surface area is 79.8 Å². The Balaban J connectivity index is 2.97. The molecule has 72 valence electrons. The van der Waals surface area contributed by atoms with Crippen LogP contribution in [0.2, 0.25) is 5.15 Å². The van der Waals surface area contributed by atoms with E-state index in [1.165, 1.54) is 10.9 Å². The Morgan fingerprint density at radius 3 is 3.00 bits per heavy atom. The average molecular weight is 204 g/mol. The van der Waals surface area contributed by atoms with Gasteiger partial charge in [0, 0.05) is 13.2 Å². The molecule has 0 saturated carbocycles. The van der Waals surface area contributed by atoms with Crippen molar-refractivity contribution in [2.45, 2.75) is 13.0 Å². The molecule has 1 heterocycles. The summed E-state index contributed by atoms with van der Waals surface area (Å²) in [5, 5.41) is 8.57. The maximum atomic E-state index is 11.3. The minimum atomic E-state index is -0.367. The smallest absolute Gasteiger partial charge is 0.278 e. The number of nitrogens with two attached hydrogens (primary N) is 1. The van der Waals surface area contributed by atoms with Gasteiger partial charge in [0.25, 0.3) is 5.56 Å². The molecule has 5 nitrogen and oxygen atoms in total. The third-order valence-electron chi connectivity index (χ3n) is 1.58. The third-order valence-corrected chi connectivity index (χ3v) is 1.88. The lowest BCUT2D eigenvalue weighted by atomic mass is 10.4. The number of aliphatic hydroxyl groups excluding tert-OH is 1. The monoisotopic (exact) mass is 203 g/mol. The van der Waals surface area contributed by atoms with Crippen molar-refractivity contribution in [1.82, 2.24) is 9.55 Å². The molecule has 0 fully saturated rings. The van der Waals surface area contributed by atoms with Gasteiger partial charge in [-0.3, -0.25) is 9.36 Å². The molecule has 13 heavy (non-hydrogen) atoms. The van der Waals surface area contributed by atoms with Gasteiger partial charge in [-0.25, -0.2) is 4.98 Å². The van der Waals surface area contributed by atoms with E-state index in [1.54, 1.807) is 0 Å². The van der Waals surface area contributed by atoms with Gasteiger partial charge >= 0.3 is 0 Å². The SMILES string of the molecule is Nc1c(Cl)ncn(CCCO)c1=O. The quantitative estimate of drug-likeness (QED) is 0.671. The van der Waals surface area contributed by atoms with Gasteiger partial charge in [-0.05, 0) is 6.42 Å². The molecule has 1 aromatic heterocycles. The van der Waals surface area contributed by atoms with E-state index in [4.69, 9.17) is 22.4 Å². The Hall–Kier alpha value is -1.07. The van der Waals surface area contributed by atoms with Gasteiger partial charge in [-0.1, -0.05) is 11.6 Å². The zero-order valence-corrected chi connectivity index (χ0v) is 7.66. The van der Waals surface area contributed by atoms with Crippen LogP contribution in [-0.2, 0) is 6.54 Å². The molecule has 0 amide bonds. The van der Waals surface area contributed by atoms with Crippen LogP contribution >= 0.6 is 11.6 Å².